The third-order valence-corrected chi connectivity index (χ3v) is 4.15. The van der Waals surface area contributed by atoms with Crippen LogP contribution < -0.4 is 5.32 Å². The maximum Gasteiger partial charge on any atom is 0.261 e. The number of halogens is 2. The number of aryl methyl sites for hydroxylation is 1. The van der Waals surface area contributed by atoms with Gasteiger partial charge in [0.25, 0.3) is 15.0 Å². The third kappa shape index (κ3) is 3.80. The van der Waals surface area contributed by atoms with E-state index in [1.807, 2.05) is 0 Å². The highest BCUT2D eigenvalue weighted by Gasteiger charge is 2.13. The fraction of sp³-hybridized carbons (Fsp3) is 0.0714. The van der Waals surface area contributed by atoms with Gasteiger partial charge in [0.2, 0.25) is 0 Å². The number of nitrogens with one attached hydrogen (secondary N) is 1. The summed E-state index contributed by atoms with van der Waals surface area (Å²) in [6.07, 6.45) is 0. The van der Waals surface area contributed by atoms with E-state index in [2.05, 4.69) is 5.32 Å². The van der Waals surface area contributed by atoms with E-state index in [4.69, 9.17) is 10.7 Å². The van der Waals surface area contributed by atoms with Crippen molar-refractivity contribution in [3.8, 4) is 0 Å². The lowest BCUT2D eigenvalue weighted by Gasteiger charge is -2.07. The van der Waals surface area contributed by atoms with Crippen LogP contribution in [0, 0.1) is 12.7 Å². The van der Waals surface area contributed by atoms with Gasteiger partial charge in [0, 0.05) is 21.9 Å². The lowest BCUT2D eigenvalue weighted by Crippen LogP contribution is -2.12. The zero-order chi connectivity index (χ0) is 15.6. The first-order chi connectivity index (χ1) is 9.77. The molecule has 0 radical (unpaired) electrons. The van der Waals surface area contributed by atoms with Crippen molar-refractivity contribution < 1.29 is 17.6 Å². The second-order valence-corrected chi connectivity index (χ2v) is 6.95. The standard InChI is InChI=1S/C14H11ClFNO3S/c1-9-7-11(5-6-13(9)16)17-14(18)10-3-2-4-12(8-10)21(15,19)20/h2-8H,1H3,(H,17,18). The summed E-state index contributed by atoms with van der Waals surface area (Å²) in [6.45, 7) is 1.58. The molecule has 0 heterocycles. The van der Waals surface area contributed by atoms with Crippen molar-refractivity contribution in [3.63, 3.8) is 0 Å². The Morgan fingerprint density at radius 2 is 1.90 bits per heavy atom. The van der Waals surface area contributed by atoms with Crippen LogP contribution in [0.4, 0.5) is 10.1 Å². The van der Waals surface area contributed by atoms with Crippen molar-refractivity contribution in [1.29, 1.82) is 0 Å². The molecule has 0 atom stereocenters. The Bertz CT molecular complexity index is 806. The minimum absolute atomic E-state index is 0.138. The number of carbonyl (C=O) groups is 1. The van der Waals surface area contributed by atoms with E-state index < -0.39 is 15.0 Å². The molecule has 2 aromatic rings. The zero-order valence-corrected chi connectivity index (χ0v) is 12.5. The van der Waals surface area contributed by atoms with Crippen LogP contribution in [-0.2, 0) is 9.05 Å². The number of anilines is 1. The molecule has 0 saturated heterocycles. The Kier molecular flexibility index (Phi) is 4.29. The smallest absolute Gasteiger partial charge is 0.261 e. The molecule has 4 nitrogen and oxygen atoms in total. The molecule has 1 amide bonds. The zero-order valence-electron chi connectivity index (χ0n) is 10.9. The minimum atomic E-state index is -3.90. The van der Waals surface area contributed by atoms with E-state index in [0.717, 1.165) is 0 Å². The summed E-state index contributed by atoms with van der Waals surface area (Å²) >= 11 is 0. The van der Waals surface area contributed by atoms with E-state index in [1.54, 1.807) is 6.92 Å². The second-order valence-electron chi connectivity index (χ2n) is 4.38. The van der Waals surface area contributed by atoms with Crippen molar-refractivity contribution in [2.24, 2.45) is 0 Å². The molecule has 0 spiro atoms. The Labute approximate surface area is 126 Å². The summed E-state index contributed by atoms with van der Waals surface area (Å²) < 4.78 is 35.6. The second kappa shape index (κ2) is 5.83. The van der Waals surface area contributed by atoms with Crippen molar-refractivity contribution >= 4 is 31.3 Å². The molecule has 110 valence electrons. The molecule has 2 aromatic carbocycles. The van der Waals surface area contributed by atoms with Crippen LogP contribution in [0.25, 0.3) is 0 Å². The van der Waals surface area contributed by atoms with Crippen molar-refractivity contribution in [3.05, 3.63) is 59.4 Å². The summed E-state index contributed by atoms with van der Waals surface area (Å²) in [5.74, 6) is -0.883. The molecule has 21 heavy (non-hydrogen) atoms. The van der Waals surface area contributed by atoms with Crippen LogP contribution in [0.5, 0.6) is 0 Å². The average Bonchev–Trinajstić information content (AvgIpc) is 2.42. The molecule has 7 heteroatoms. The summed E-state index contributed by atoms with van der Waals surface area (Å²) in [5, 5.41) is 2.56. The molecule has 2 rings (SSSR count). The number of hydrogen-bond acceptors (Lipinski definition) is 3. The highest BCUT2D eigenvalue weighted by molar-refractivity contribution is 8.13. The minimum Gasteiger partial charge on any atom is -0.322 e. The van der Waals surface area contributed by atoms with Gasteiger partial charge in [-0.25, -0.2) is 12.8 Å². The van der Waals surface area contributed by atoms with E-state index in [0.29, 0.717) is 11.3 Å². The van der Waals surface area contributed by atoms with E-state index in [1.165, 1.54) is 42.5 Å². The Morgan fingerprint density at radius 3 is 2.52 bits per heavy atom. The molecule has 0 aromatic heterocycles. The largest absolute Gasteiger partial charge is 0.322 e. The molecule has 0 unspecified atom stereocenters. The predicted octanol–water partition coefficient (Wildman–Crippen LogP) is 3.31. The molecule has 0 aliphatic rings. The van der Waals surface area contributed by atoms with Crippen LogP contribution in [0.1, 0.15) is 15.9 Å². The van der Waals surface area contributed by atoms with Crippen molar-refractivity contribution in [2.45, 2.75) is 11.8 Å². The topological polar surface area (TPSA) is 63.2 Å². The molecule has 1 N–H and O–H groups in total. The number of benzene rings is 2. The van der Waals surface area contributed by atoms with Gasteiger partial charge in [0.05, 0.1) is 4.90 Å². The first-order valence-electron chi connectivity index (χ1n) is 5.89. The average molecular weight is 328 g/mol. The normalized spacial score (nSPS) is 11.2. The maximum atomic E-state index is 13.1. The third-order valence-electron chi connectivity index (χ3n) is 2.79. The van der Waals surface area contributed by atoms with Gasteiger partial charge >= 0.3 is 0 Å². The van der Waals surface area contributed by atoms with Crippen LogP contribution in [-0.4, -0.2) is 14.3 Å². The SMILES string of the molecule is Cc1cc(NC(=O)c2cccc(S(=O)(=O)Cl)c2)ccc1F. The van der Waals surface area contributed by atoms with Gasteiger partial charge in [-0.2, -0.15) is 0 Å². The highest BCUT2D eigenvalue weighted by Crippen LogP contribution is 2.18. The molecule has 0 aliphatic carbocycles. The Hall–Kier alpha value is -1.92. The molecule has 0 aliphatic heterocycles. The molecule has 0 fully saturated rings. The summed E-state index contributed by atoms with van der Waals surface area (Å²) in [4.78, 5) is 11.9. The van der Waals surface area contributed by atoms with Gasteiger partial charge in [-0.05, 0) is 48.9 Å². The van der Waals surface area contributed by atoms with Gasteiger partial charge in [-0.1, -0.05) is 6.07 Å². The number of rotatable bonds is 3. The van der Waals surface area contributed by atoms with Crippen LogP contribution >= 0.6 is 10.7 Å². The maximum absolute atomic E-state index is 13.1. The number of hydrogen-bond donors (Lipinski definition) is 1. The van der Waals surface area contributed by atoms with Gasteiger partial charge < -0.3 is 5.32 Å². The lowest BCUT2D eigenvalue weighted by atomic mass is 10.2. The summed E-state index contributed by atoms with van der Waals surface area (Å²) in [7, 11) is 1.33. The molecule has 0 bridgehead atoms. The first-order valence-corrected chi connectivity index (χ1v) is 8.20. The summed E-state index contributed by atoms with van der Waals surface area (Å²) in [5.41, 5.74) is 0.946. The van der Waals surface area contributed by atoms with Gasteiger partial charge in [-0.3, -0.25) is 4.79 Å². The van der Waals surface area contributed by atoms with Crippen LogP contribution in [0.2, 0.25) is 0 Å². The fourth-order valence-corrected chi connectivity index (χ4v) is 2.51. The van der Waals surface area contributed by atoms with Crippen LogP contribution in [0.3, 0.4) is 0 Å². The van der Waals surface area contributed by atoms with Crippen molar-refractivity contribution in [2.75, 3.05) is 5.32 Å². The monoisotopic (exact) mass is 327 g/mol. The Balaban J connectivity index is 2.26. The predicted molar refractivity (Wildman–Crippen MR) is 78.6 cm³/mol. The fourth-order valence-electron chi connectivity index (χ4n) is 1.71. The lowest BCUT2D eigenvalue weighted by molar-refractivity contribution is 0.102. The van der Waals surface area contributed by atoms with Crippen molar-refractivity contribution in [1.82, 2.24) is 0 Å². The van der Waals surface area contributed by atoms with E-state index in [-0.39, 0.29) is 16.3 Å². The van der Waals surface area contributed by atoms with E-state index >= 15 is 0 Å². The quantitative estimate of drug-likeness (QED) is 0.880. The number of carbonyl (C=O) groups excluding carboxylic acids is 1. The highest BCUT2D eigenvalue weighted by atomic mass is 35.7. The van der Waals surface area contributed by atoms with Gasteiger partial charge in [0.15, 0.2) is 0 Å². The first kappa shape index (κ1) is 15.5. The number of amides is 1. The van der Waals surface area contributed by atoms with Gasteiger partial charge in [0.1, 0.15) is 5.82 Å². The molecule has 0 saturated carbocycles. The van der Waals surface area contributed by atoms with Crippen LogP contribution in [0.15, 0.2) is 47.4 Å². The summed E-state index contributed by atoms with van der Waals surface area (Å²) in [6, 6.07) is 9.48. The Morgan fingerprint density at radius 1 is 1.19 bits per heavy atom. The molecular weight excluding hydrogens is 317 g/mol. The van der Waals surface area contributed by atoms with Gasteiger partial charge in [-0.15, -0.1) is 0 Å². The van der Waals surface area contributed by atoms with E-state index in [9.17, 15) is 17.6 Å². The molecular formula is C14H11ClFNO3S.